The van der Waals surface area contributed by atoms with Gasteiger partial charge in [0.15, 0.2) is 0 Å². The van der Waals surface area contributed by atoms with Crippen molar-refractivity contribution in [3.05, 3.63) is 29.8 Å². The zero-order valence-electron chi connectivity index (χ0n) is 12.9. The first kappa shape index (κ1) is 17.6. The minimum atomic E-state index is -0.487. The van der Waals surface area contributed by atoms with Gasteiger partial charge in [0.25, 0.3) is 0 Å². The van der Waals surface area contributed by atoms with Gasteiger partial charge in [-0.3, -0.25) is 9.59 Å². The Kier molecular flexibility index (Phi) is 5.85. The van der Waals surface area contributed by atoms with E-state index in [0.717, 1.165) is 26.2 Å². The van der Waals surface area contributed by atoms with Crippen LogP contribution in [0.3, 0.4) is 0 Å². The summed E-state index contributed by atoms with van der Waals surface area (Å²) in [7, 11) is 0. The normalized spacial score (nSPS) is 22.3. The molecule has 0 aliphatic carbocycles. The Balaban J connectivity index is 0.00000192. The molecule has 2 fully saturated rings. The van der Waals surface area contributed by atoms with Gasteiger partial charge in [0, 0.05) is 31.7 Å². The molecule has 0 saturated carbocycles. The number of ether oxygens (including phenoxy) is 1. The standard InChI is InChI=1S/C16H21N3O3.ClH/c17-16(21)11-2-1-3-14(6-11)22-5-4-15(20)19-9-12-7-18-8-13(12)10-19;/h1-3,6,12-13,18H,4-5,7-10H2,(H2,17,21);1H/t12-,13+;. The Morgan fingerprint density at radius 3 is 2.61 bits per heavy atom. The van der Waals surface area contributed by atoms with E-state index >= 15 is 0 Å². The molecule has 2 aliphatic rings. The summed E-state index contributed by atoms with van der Waals surface area (Å²) in [4.78, 5) is 25.2. The molecule has 2 heterocycles. The molecular weight excluding hydrogens is 318 g/mol. The van der Waals surface area contributed by atoms with Crippen LogP contribution in [0.25, 0.3) is 0 Å². The lowest BCUT2D eigenvalue weighted by molar-refractivity contribution is -0.130. The lowest BCUT2D eigenvalue weighted by atomic mass is 10.0. The molecule has 23 heavy (non-hydrogen) atoms. The van der Waals surface area contributed by atoms with E-state index in [-0.39, 0.29) is 18.3 Å². The van der Waals surface area contributed by atoms with E-state index in [1.807, 2.05) is 4.90 Å². The largest absolute Gasteiger partial charge is 0.493 e. The first-order chi connectivity index (χ1) is 10.6. The van der Waals surface area contributed by atoms with Crippen LogP contribution in [-0.4, -0.2) is 49.5 Å². The van der Waals surface area contributed by atoms with Crippen molar-refractivity contribution >= 4 is 24.2 Å². The van der Waals surface area contributed by atoms with Gasteiger partial charge < -0.3 is 20.7 Å². The summed E-state index contributed by atoms with van der Waals surface area (Å²) in [5, 5.41) is 3.36. The average molecular weight is 340 g/mol. The Hall–Kier alpha value is -1.79. The van der Waals surface area contributed by atoms with Gasteiger partial charge >= 0.3 is 0 Å². The maximum atomic E-state index is 12.2. The van der Waals surface area contributed by atoms with E-state index in [1.54, 1.807) is 24.3 Å². The summed E-state index contributed by atoms with van der Waals surface area (Å²) in [6, 6.07) is 6.70. The van der Waals surface area contributed by atoms with Crippen LogP contribution < -0.4 is 15.8 Å². The summed E-state index contributed by atoms with van der Waals surface area (Å²) in [5.74, 6) is 1.43. The van der Waals surface area contributed by atoms with Crippen molar-refractivity contribution in [2.75, 3.05) is 32.8 Å². The molecule has 2 amide bonds. The van der Waals surface area contributed by atoms with Crippen LogP contribution >= 0.6 is 12.4 Å². The van der Waals surface area contributed by atoms with E-state index in [0.29, 0.717) is 36.2 Å². The number of nitrogens with one attached hydrogen (secondary N) is 1. The van der Waals surface area contributed by atoms with Crippen molar-refractivity contribution in [2.45, 2.75) is 6.42 Å². The Morgan fingerprint density at radius 2 is 1.96 bits per heavy atom. The number of halogens is 1. The van der Waals surface area contributed by atoms with E-state index in [4.69, 9.17) is 10.5 Å². The van der Waals surface area contributed by atoms with Crippen molar-refractivity contribution in [2.24, 2.45) is 17.6 Å². The molecule has 1 aromatic carbocycles. The topological polar surface area (TPSA) is 84.7 Å². The van der Waals surface area contributed by atoms with Crippen LogP contribution in [0, 0.1) is 11.8 Å². The number of carbonyl (C=O) groups excluding carboxylic acids is 2. The fraction of sp³-hybridized carbons (Fsp3) is 0.500. The molecule has 0 aromatic heterocycles. The molecular formula is C16H22ClN3O3. The van der Waals surface area contributed by atoms with Crippen LogP contribution in [0.1, 0.15) is 16.8 Å². The molecule has 6 nitrogen and oxygen atoms in total. The van der Waals surface area contributed by atoms with E-state index in [2.05, 4.69) is 5.32 Å². The zero-order chi connectivity index (χ0) is 15.5. The quantitative estimate of drug-likeness (QED) is 0.825. The predicted molar refractivity (Wildman–Crippen MR) is 88.7 cm³/mol. The molecule has 0 radical (unpaired) electrons. The number of primary amides is 1. The second kappa shape index (κ2) is 7.66. The number of rotatable bonds is 5. The fourth-order valence-electron chi connectivity index (χ4n) is 3.21. The van der Waals surface area contributed by atoms with Crippen LogP contribution in [-0.2, 0) is 4.79 Å². The Labute approximate surface area is 141 Å². The van der Waals surface area contributed by atoms with Gasteiger partial charge in [-0.15, -0.1) is 12.4 Å². The van der Waals surface area contributed by atoms with Crippen LogP contribution in [0.5, 0.6) is 5.75 Å². The van der Waals surface area contributed by atoms with E-state index in [1.165, 1.54) is 0 Å². The third-order valence-corrected chi connectivity index (χ3v) is 4.45. The minimum Gasteiger partial charge on any atom is -0.493 e. The van der Waals surface area contributed by atoms with Gasteiger partial charge in [-0.05, 0) is 30.0 Å². The van der Waals surface area contributed by atoms with Crippen LogP contribution in [0.15, 0.2) is 24.3 Å². The van der Waals surface area contributed by atoms with Gasteiger partial charge in [-0.25, -0.2) is 0 Å². The number of benzene rings is 1. The summed E-state index contributed by atoms with van der Waals surface area (Å²) >= 11 is 0. The van der Waals surface area contributed by atoms with Crippen LogP contribution in [0.4, 0.5) is 0 Å². The molecule has 2 atom stereocenters. The summed E-state index contributed by atoms with van der Waals surface area (Å²) < 4.78 is 5.55. The SMILES string of the molecule is Cl.NC(=O)c1cccc(OCCC(=O)N2C[C@H]3CNC[C@H]3C2)c1. The summed E-state index contributed by atoms with van der Waals surface area (Å²) in [6.45, 7) is 4.06. The number of likely N-dealkylation sites (tertiary alicyclic amines) is 1. The summed E-state index contributed by atoms with van der Waals surface area (Å²) in [6.07, 6.45) is 0.355. The lowest BCUT2D eigenvalue weighted by Gasteiger charge is -2.17. The number of hydrogen-bond donors (Lipinski definition) is 2. The van der Waals surface area contributed by atoms with Crippen molar-refractivity contribution in [1.82, 2.24) is 10.2 Å². The molecule has 0 bridgehead atoms. The fourth-order valence-corrected chi connectivity index (χ4v) is 3.21. The number of carbonyl (C=O) groups is 2. The molecule has 0 unspecified atom stereocenters. The molecule has 3 N–H and O–H groups in total. The van der Waals surface area contributed by atoms with E-state index < -0.39 is 5.91 Å². The van der Waals surface area contributed by atoms with Crippen molar-refractivity contribution < 1.29 is 14.3 Å². The minimum absolute atomic E-state index is 0. The molecule has 2 saturated heterocycles. The van der Waals surface area contributed by atoms with Crippen LogP contribution in [0.2, 0.25) is 0 Å². The zero-order valence-corrected chi connectivity index (χ0v) is 13.7. The second-order valence-corrected chi connectivity index (χ2v) is 5.97. The molecule has 3 rings (SSSR count). The number of nitrogens with zero attached hydrogens (tertiary/aromatic N) is 1. The first-order valence-electron chi connectivity index (χ1n) is 7.64. The molecule has 7 heteroatoms. The lowest BCUT2D eigenvalue weighted by Crippen LogP contribution is -2.32. The molecule has 0 spiro atoms. The first-order valence-corrected chi connectivity index (χ1v) is 7.64. The number of nitrogens with two attached hydrogens (primary N) is 1. The number of amides is 2. The number of fused-ring (bicyclic) bond motifs is 1. The highest BCUT2D eigenvalue weighted by atomic mass is 35.5. The van der Waals surface area contributed by atoms with Gasteiger partial charge in [-0.1, -0.05) is 6.07 Å². The monoisotopic (exact) mass is 339 g/mol. The molecule has 126 valence electrons. The third-order valence-electron chi connectivity index (χ3n) is 4.45. The van der Waals surface area contributed by atoms with Gasteiger partial charge in [0.05, 0.1) is 13.0 Å². The number of hydrogen-bond acceptors (Lipinski definition) is 4. The van der Waals surface area contributed by atoms with Gasteiger partial charge in [0.1, 0.15) is 5.75 Å². The van der Waals surface area contributed by atoms with Crippen molar-refractivity contribution in [1.29, 1.82) is 0 Å². The second-order valence-electron chi connectivity index (χ2n) is 5.97. The maximum Gasteiger partial charge on any atom is 0.248 e. The predicted octanol–water partition coefficient (Wildman–Crippen LogP) is 0.654. The third kappa shape index (κ3) is 4.14. The average Bonchev–Trinajstić information content (AvgIpc) is 3.08. The highest BCUT2D eigenvalue weighted by molar-refractivity contribution is 5.93. The Bertz CT molecular complexity index is 569. The summed E-state index contributed by atoms with van der Waals surface area (Å²) in [5.41, 5.74) is 5.63. The molecule has 2 aliphatic heterocycles. The Morgan fingerprint density at radius 1 is 1.26 bits per heavy atom. The highest BCUT2D eigenvalue weighted by Gasteiger charge is 2.37. The smallest absolute Gasteiger partial charge is 0.248 e. The highest BCUT2D eigenvalue weighted by Crippen LogP contribution is 2.26. The van der Waals surface area contributed by atoms with E-state index in [9.17, 15) is 9.59 Å². The van der Waals surface area contributed by atoms with Crippen molar-refractivity contribution in [3.8, 4) is 5.75 Å². The van der Waals surface area contributed by atoms with Gasteiger partial charge in [-0.2, -0.15) is 0 Å². The maximum absolute atomic E-state index is 12.2. The van der Waals surface area contributed by atoms with Crippen molar-refractivity contribution in [3.63, 3.8) is 0 Å². The van der Waals surface area contributed by atoms with Gasteiger partial charge in [0.2, 0.25) is 11.8 Å². The molecule has 1 aromatic rings.